The van der Waals surface area contributed by atoms with E-state index in [0.29, 0.717) is 9.21 Å². The van der Waals surface area contributed by atoms with Crippen LogP contribution >= 0.6 is 34.5 Å². The molecule has 0 N–H and O–H groups in total. The van der Waals surface area contributed by atoms with Crippen molar-refractivity contribution < 1.29 is 27.5 Å². The molecule has 1 fully saturated rings. The number of halogens is 2. The Morgan fingerprint density at radius 3 is 2.43 bits per heavy atom. The number of morpholine rings is 1. The predicted molar refractivity (Wildman–Crippen MR) is 114 cm³/mol. The lowest BCUT2D eigenvalue weighted by Gasteiger charge is -2.34. The molecule has 3 rings (SSSR count). The van der Waals surface area contributed by atoms with Gasteiger partial charge in [0.2, 0.25) is 15.8 Å². The summed E-state index contributed by atoms with van der Waals surface area (Å²) >= 11 is 13.0. The van der Waals surface area contributed by atoms with Crippen LogP contribution in [0.2, 0.25) is 9.36 Å². The van der Waals surface area contributed by atoms with Gasteiger partial charge in [0.05, 0.1) is 32.0 Å². The third-order valence-electron chi connectivity index (χ3n) is 4.35. The van der Waals surface area contributed by atoms with E-state index >= 15 is 0 Å². The van der Waals surface area contributed by atoms with Crippen molar-refractivity contribution in [3.8, 4) is 0 Å². The van der Waals surface area contributed by atoms with Crippen molar-refractivity contribution >= 4 is 56.3 Å². The maximum atomic E-state index is 13.1. The molecule has 30 heavy (non-hydrogen) atoms. The molecule has 0 spiro atoms. The van der Waals surface area contributed by atoms with Crippen molar-refractivity contribution in [1.29, 1.82) is 0 Å². The molecule has 162 valence electrons. The highest BCUT2D eigenvalue weighted by atomic mass is 35.5. The minimum absolute atomic E-state index is 0.0114. The van der Waals surface area contributed by atoms with Gasteiger partial charge < -0.3 is 9.47 Å². The van der Waals surface area contributed by atoms with E-state index in [1.165, 1.54) is 16.4 Å². The number of sulfonamides is 1. The largest absolute Gasteiger partial charge is 0.454 e. The van der Waals surface area contributed by atoms with Crippen LogP contribution < -0.4 is 0 Å². The van der Waals surface area contributed by atoms with E-state index in [9.17, 15) is 18.0 Å². The number of Topliss-reactive ketones (excluding diaryl/α,β-unsaturated/α-hetero) is 1. The van der Waals surface area contributed by atoms with Gasteiger partial charge in [-0.15, -0.1) is 11.3 Å². The SMILES string of the molecule is CC1CN(S(=O)(=O)c2cc(C(=O)OCC(=O)c3ccc(Cl)s3)ccc2Cl)CC(C)O1. The summed E-state index contributed by atoms with van der Waals surface area (Å²) in [4.78, 5) is 24.6. The Bertz CT molecular complexity index is 1060. The Morgan fingerprint density at radius 2 is 1.83 bits per heavy atom. The molecule has 2 unspecified atom stereocenters. The third-order valence-corrected chi connectivity index (χ3v) is 7.94. The number of hydrogen-bond donors (Lipinski definition) is 0. The van der Waals surface area contributed by atoms with Crippen molar-refractivity contribution in [3.63, 3.8) is 0 Å². The fourth-order valence-electron chi connectivity index (χ4n) is 3.04. The summed E-state index contributed by atoms with van der Waals surface area (Å²) in [7, 11) is -3.95. The topological polar surface area (TPSA) is 90.0 Å². The van der Waals surface area contributed by atoms with Gasteiger partial charge in [-0.2, -0.15) is 4.31 Å². The highest BCUT2D eigenvalue weighted by molar-refractivity contribution is 7.89. The fourth-order valence-corrected chi connectivity index (χ4v) is 6.10. The molecule has 0 saturated carbocycles. The number of esters is 1. The molecule has 2 aromatic rings. The summed E-state index contributed by atoms with van der Waals surface area (Å²) in [5, 5.41) is -0.0114. The van der Waals surface area contributed by atoms with Gasteiger partial charge in [-0.1, -0.05) is 23.2 Å². The van der Waals surface area contributed by atoms with Gasteiger partial charge in [-0.25, -0.2) is 13.2 Å². The van der Waals surface area contributed by atoms with Crippen molar-refractivity contribution in [2.45, 2.75) is 31.0 Å². The summed E-state index contributed by atoms with van der Waals surface area (Å²) in [6.45, 7) is 3.43. The number of rotatable bonds is 6. The average Bonchev–Trinajstić information content (AvgIpc) is 3.11. The van der Waals surface area contributed by atoms with Crippen molar-refractivity contribution in [2.24, 2.45) is 0 Å². The molecule has 1 aromatic heterocycles. The molecule has 1 saturated heterocycles. The first-order valence-electron chi connectivity index (χ1n) is 8.98. The number of ether oxygens (including phenoxy) is 2. The second-order valence-corrected chi connectivity index (χ2v) is 10.9. The zero-order valence-corrected chi connectivity index (χ0v) is 19.3. The van der Waals surface area contributed by atoms with Gasteiger partial charge in [0.1, 0.15) is 4.90 Å². The molecule has 1 aliphatic rings. The van der Waals surface area contributed by atoms with Crippen LogP contribution in [-0.4, -0.2) is 56.4 Å². The third kappa shape index (κ3) is 5.22. The molecule has 11 heteroatoms. The van der Waals surface area contributed by atoms with E-state index in [0.717, 1.165) is 17.4 Å². The molecular formula is C19H19Cl2NO6S2. The second kappa shape index (κ2) is 9.33. The molecule has 7 nitrogen and oxygen atoms in total. The summed E-state index contributed by atoms with van der Waals surface area (Å²) in [6.07, 6.45) is -0.542. The van der Waals surface area contributed by atoms with E-state index in [1.807, 2.05) is 0 Å². The van der Waals surface area contributed by atoms with Crippen LogP contribution in [0.3, 0.4) is 0 Å². The molecule has 1 aromatic carbocycles. The maximum absolute atomic E-state index is 13.1. The normalized spacial score (nSPS) is 20.1. The number of nitrogens with zero attached hydrogens (tertiary/aromatic N) is 1. The fraction of sp³-hybridized carbons (Fsp3) is 0.368. The molecule has 0 aliphatic carbocycles. The van der Waals surface area contributed by atoms with Gasteiger partial charge in [0.15, 0.2) is 6.61 Å². The maximum Gasteiger partial charge on any atom is 0.338 e. The monoisotopic (exact) mass is 491 g/mol. The van der Waals surface area contributed by atoms with Gasteiger partial charge in [0, 0.05) is 13.1 Å². The first-order valence-corrected chi connectivity index (χ1v) is 12.0. The minimum atomic E-state index is -3.95. The Balaban J connectivity index is 1.77. The second-order valence-electron chi connectivity index (χ2n) is 6.83. The van der Waals surface area contributed by atoms with Crippen LogP contribution in [0.25, 0.3) is 0 Å². The molecule has 2 atom stereocenters. The number of carbonyl (C=O) groups excluding carboxylic acids is 2. The lowest BCUT2D eigenvalue weighted by molar-refractivity contribution is -0.0440. The van der Waals surface area contributed by atoms with Gasteiger partial charge >= 0.3 is 5.97 Å². The van der Waals surface area contributed by atoms with Crippen LogP contribution in [0, 0.1) is 0 Å². The first-order chi connectivity index (χ1) is 14.1. The molecular weight excluding hydrogens is 473 g/mol. The number of hydrogen-bond acceptors (Lipinski definition) is 7. The molecule has 0 amide bonds. The van der Waals surface area contributed by atoms with Gasteiger partial charge in [0.25, 0.3) is 0 Å². The van der Waals surface area contributed by atoms with Crippen LogP contribution in [-0.2, 0) is 19.5 Å². The zero-order valence-electron chi connectivity index (χ0n) is 16.1. The number of ketones is 1. The molecule has 2 heterocycles. The average molecular weight is 492 g/mol. The van der Waals surface area contributed by atoms with Crippen molar-refractivity contribution in [3.05, 3.63) is 50.1 Å². The standard InChI is InChI=1S/C19H19Cl2NO6S2/c1-11-8-22(9-12(2)28-11)30(25,26)17-7-13(3-4-14(17)20)19(24)27-10-15(23)16-5-6-18(21)29-16/h3-7,11-12H,8-10H2,1-2H3. The van der Waals surface area contributed by atoms with Crippen LogP contribution in [0.5, 0.6) is 0 Å². The number of benzene rings is 1. The van der Waals surface area contributed by atoms with E-state index in [1.54, 1.807) is 26.0 Å². The number of carbonyl (C=O) groups is 2. The molecule has 0 radical (unpaired) electrons. The smallest absolute Gasteiger partial charge is 0.338 e. The van der Waals surface area contributed by atoms with Crippen molar-refractivity contribution in [1.82, 2.24) is 4.31 Å². The molecule has 0 bridgehead atoms. The highest BCUT2D eigenvalue weighted by Gasteiger charge is 2.34. The molecule has 1 aliphatic heterocycles. The minimum Gasteiger partial charge on any atom is -0.454 e. The highest BCUT2D eigenvalue weighted by Crippen LogP contribution is 2.28. The predicted octanol–water partition coefficient (Wildman–Crippen LogP) is 3.89. The summed E-state index contributed by atoms with van der Waals surface area (Å²) in [5.74, 6) is -1.24. The van der Waals surface area contributed by atoms with E-state index in [2.05, 4.69) is 0 Å². The van der Waals surface area contributed by atoms with Gasteiger partial charge in [-0.3, -0.25) is 4.79 Å². The van der Waals surface area contributed by atoms with E-state index < -0.39 is 28.4 Å². The lowest BCUT2D eigenvalue weighted by atomic mass is 10.2. The van der Waals surface area contributed by atoms with E-state index in [-0.39, 0.29) is 40.8 Å². The van der Waals surface area contributed by atoms with Crippen LogP contribution in [0.1, 0.15) is 33.9 Å². The quantitative estimate of drug-likeness (QED) is 0.449. The van der Waals surface area contributed by atoms with Crippen LogP contribution in [0.4, 0.5) is 0 Å². The Morgan fingerprint density at radius 1 is 1.17 bits per heavy atom. The summed E-state index contributed by atoms with van der Waals surface area (Å²) in [6, 6.07) is 6.95. The summed E-state index contributed by atoms with van der Waals surface area (Å²) < 4.78 is 38.5. The van der Waals surface area contributed by atoms with Gasteiger partial charge in [-0.05, 0) is 44.2 Å². The Hall–Kier alpha value is -1.49. The lowest BCUT2D eigenvalue weighted by Crippen LogP contribution is -2.48. The Labute approximate surface area is 188 Å². The van der Waals surface area contributed by atoms with Crippen LogP contribution in [0.15, 0.2) is 35.2 Å². The zero-order chi connectivity index (χ0) is 22.1. The van der Waals surface area contributed by atoms with E-state index in [4.69, 9.17) is 32.7 Å². The Kier molecular flexibility index (Phi) is 7.21. The van der Waals surface area contributed by atoms with Crippen molar-refractivity contribution in [2.75, 3.05) is 19.7 Å². The first kappa shape index (κ1) is 23.2. The summed E-state index contributed by atoms with van der Waals surface area (Å²) in [5.41, 5.74) is -0.0238. The number of thiophene rings is 1.